The molecule has 0 atom stereocenters. The third-order valence-electron chi connectivity index (χ3n) is 4.20. The van der Waals surface area contributed by atoms with Gasteiger partial charge in [0.15, 0.2) is 0 Å². The molecule has 3 heteroatoms. The summed E-state index contributed by atoms with van der Waals surface area (Å²) in [6.45, 7) is 9.82. The molecule has 1 aromatic carbocycles. The molecule has 0 bridgehead atoms. The maximum Gasteiger partial charge on any atom is 0.105 e. The van der Waals surface area contributed by atoms with Gasteiger partial charge in [-0.05, 0) is 43.2 Å². The molecular formula is C18H24N2O. The first-order chi connectivity index (χ1) is 10.2. The largest absolute Gasteiger partial charge is 0.469 e. The Bertz CT molecular complexity index is 582. The lowest BCUT2D eigenvalue weighted by molar-refractivity contribution is 0.255. The molecule has 112 valence electrons. The zero-order valence-corrected chi connectivity index (χ0v) is 13.0. The summed E-state index contributed by atoms with van der Waals surface area (Å²) in [4.78, 5) is 5.02. The van der Waals surface area contributed by atoms with Gasteiger partial charge in [-0.2, -0.15) is 0 Å². The van der Waals surface area contributed by atoms with Gasteiger partial charge >= 0.3 is 0 Å². The fourth-order valence-corrected chi connectivity index (χ4v) is 2.94. The average molecular weight is 284 g/mol. The highest BCUT2D eigenvalue weighted by molar-refractivity contribution is 5.48. The number of hydrogen-bond acceptors (Lipinski definition) is 3. The minimum Gasteiger partial charge on any atom is -0.469 e. The van der Waals surface area contributed by atoms with Crippen LogP contribution in [0.5, 0.6) is 0 Å². The van der Waals surface area contributed by atoms with E-state index in [1.54, 1.807) is 0 Å². The number of hydrogen-bond donors (Lipinski definition) is 0. The Morgan fingerprint density at radius 3 is 2.48 bits per heavy atom. The van der Waals surface area contributed by atoms with Gasteiger partial charge in [-0.1, -0.05) is 12.1 Å². The van der Waals surface area contributed by atoms with Gasteiger partial charge in [-0.15, -0.1) is 0 Å². The summed E-state index contributed by atoms with van der Waals surface area (Å²) in [5.41, 5.74) is 3.91. The Morgan fingerprint density at radius 1 is 1.00 bits per heavy atom. The Labute approximate surface area is 127 Å². The van der Waals surface area contributed by atoms with Crippen molar-refractivity contribution in [1.29, 1.82) is 0 Å². The van der Waals surface area contributed by atoms with Gasteiger partial charge in [0.1, 0.15) is 5.76 Å². The average Bonchev–Trinajstić information content (AvgIpc) is 2.91. The van der Waals surface area contributed by atoms with Crippen LogP contribution >= 0.6 is 0 Å². The predicted octanol–water partition coefficient (Wildman–Crippen LogP) is 3.26. The van der Waals surface area contributed by atoms with Crippen molar-refractivity contribution >= 4 is 5.69 Å². The topological polar surface area (TPSA) is 19.6 Å². The van der Waals surface area contributed by atoms with Crippen molar-refractivity contribution in [2.24, 2.45) is 0 Å². The highest BCUT2D eigenvalue weighted by Crippen LogP contribution is 2.18. The molecule has 1 saturated heterocycles. The lowest BCUT2D eigenvalue weighted by Crippen LogP contribution is -2.47. The van der Waals surface area contributed by atoms with Crippen molar-refractivity contribution in [3.05, 3.63) is 53.5 Å². The lowest BCUT2D eigenvalue weighted by atomic mass is 10.2. The van der Waals surface area contributed by atoms with Crippen molar-refractivity contribution in [3.8, 4) is 0 Å². The molecule has 0 unspecified atom stereocenters. The second-order valence-corrected chi connectivity index (χ2v) is 6.01. The Morgan fingerprint density at radius 2 is 1.81 bits per heavy atom. The molecule has 0 N–H and O–H groups in total. The summed E-state index contributed by atoms with van der Waals surface area (Å²) < 4.78 is 5.52. The molecule has 1 aromatic heterocycles. The number of piperazine rings is 1. The van der Waals surface area contributed by atoms with Crippen molar-refractivity contribution in [3.63, 3.8) is 0 Å². The van der Waals surface area contributed by atoms with E-state index < -0.39 is 0 Å². The summed E-state index contributed by atoms with van der Waals surface area (Å²) in [6, 6.07) is 10.9. The third kappa shape index (κ3) is 3.67. The normalized spacial score (nSPS) is 16.4. The van der Waals surface area contributed by atoms with E-state index in [-0.39, 0.29) is 0 Å². The highest BCUT2D eigenvalue weighted by Gasteiger charge is 2.17. The van der Waals surface area contributed by atoms with Crippen molar-refractivity contribution in [2.75, 3.05) is 37.6 Å². The molecule has 2 heterocycles. The summed E-state index contributed by atoms with van der Waals surface area (Å²) in [5.74, 6) is 1.11. The second kappa shape index (κ2) is 6.35. The van der Waals surface area contributed by atoms with E-state index in [2.05, 4.69) is 54.0 Å². The fraction of sp³-hybridized carbons (Fsp3) is 0.444. The minimum atomic E-state index is 1.01. The Balaban J connectivity index is 1.49. The maximum absolute atomic E-state index is 5.52. The van der Waals surface area contributed by atoms with E-state index in [1.807, 2.05) is 6.26 Å². The van der Waals surface area contributed by atoms with Crippen molar-refractivity contribution in [2.45, 2.75) is 20.3 Å². The summed E-state index contributed by atoms with van der Waals surface area (Å²) >= 11 is 0. The van der Waals surface area contributed by atoms with Crippen LogP contribution < -0.4 is 4.90 Å². The lowest BCUT2D eigenvalue weighted by Gasteiger charge is -2.36. The van der Waals surface area contributed by atoms with Crippen LogP contribution in [0.2, 0.25) is 0 Å². The molecule has 1 fully saturated rings. The number of rotatable bonds is 4. The van der Waals surface area contributed by atoms with Crippen molar-refractivity contribution in [1.82, 2.24) is 4.90 Å². The summed E-state index contributed by atoms with van der Waals surface area (Å²) in [5, 5.41) is 0. The van der Waals surface area contributed by atoms with E-state index in [4.69, 9.17) is 4.42 Å². The molecule has 1 aliphatic heterocycles. The first-order valence-corrected chi connectivity index (χ1v) is 7.79. The van der Waals surface area contributed by atoms with Gasteiger partial charge < -0.3 is 9.32 Å². The monoisotopic (exact) mass is 284 g/mol. The number of aryl methyl sites for hydroxylation is 2. The molecule has 0 amide bonds. The fourth-order valence-electron chi connectivity index (χ4n) is 2.94. The van der Waals surface area contributed by atoms with Crippen LogP contribution in [0.1, 0.15) is 16.9 Å². The molecule has 3 rings (SSSR count). The Hall–Kier alpha value is -1.74. The first kappa shape index (κ1) is 14.2. The molecular weight excluding hydrogens is 260 g/mol. The van der Waals surface area contributed by atoms with Crippen LogP contribution in [-0.2, 0) is 6.42 Å². The first-order valence-electron chi connectivity index (χ1n) is 7.79. The quantitative estimate of drug-likeness (QED) is 0.859. The molecule has 1 aliphatic rings. The van der Waals surface area contributed by atoms with Gasteiger partial charge in [0.25, 0.3) is 0 Å². The van der Waals surface area contributed by atoms with Gasteiger partial charge in [-0.25, -0.2) is 0 Å². The third-order valence-corrected chi connectivity index (χ3v) is 4.20. The van der Waals surface area contributed by atoms with Crippen LogP contribution in [0.15, 0.2) is 41.0 Å². The van der Waals surface area contributed by atoms with Crippen LogP contribution in [0, 0.1) is 13.8 Å². The molecule has 0 radical (unpaired) electrons. The van der Waals surface area contributed by atoms with Gasteiger partial charge in [-0.3, -0.25) is 4.90 Å². The Kier molecular flexibility index (Phi) is 4.30. The van der Waals surface area contributed by atoms with E-state index >= 15 is 0 Å². The van der Waals surface area contributed by atoms with E-state index in [0.29, 0.717) is 0 Å². The molecule has 2 aromatic rings. The number of anilines is 1. The standard InChI is InChI=1S/C18H24N2O/c1-15-4-3-5-17(12-15)20-10-8-19(9-11-20)7-6-18-13-16(2)14-21-18/h3-5,12-14H,6-11H2,1-2H3. The van der Waals surface area contributed by atoms with Crippen LogP contribution in [0.25, 0.3) is 0 Å². The number of furan rings is 1. The smallest absolute Gasteiger partial charge is 0.105 e. The predicted molar refractivity (Wildman–Crippen MR) is 87.0 cm³/mol. The molecule has 3 nitrogen and oxygen atoms in total. The van der Waals surface area contributed by atoms with Gasteiger partial charge in [0.05, 0.1) is 6.26 Å². The van der Waals surface area contributed by atoms with Crippen molar-refractivity contribution < 1.29 is 4.42 Å². The summed E-state index contributed by atoms with van der Waals surface area (Å²) in [6.07, 6.45) is 2.85. The van der Waals surface area contributed by atoms with Gasteiger partial charge in [0.2, 0.25) is 0 Å². The molecule has 0 spiro atoms. The summed E-state index contributed by atoms with van der Waals surface area (Å²) in [7, 11) is 0. The zero-order chi connectivity index (χ0) is 14.7. The zero-order valence-electron chi connectivity index (χ0n) is 13.0. The second-order valence-electron chi connectivity index (χ2n) is 6.01. The SMILES string of the molecule is Cc1cccc(N2CCN(CCc3cc(C)co3)CC2)c1. The molecule has 0 aliphatic carbocycles. The number of benzene rings is 1. The van der Waals surface area contributed by atoms with E-state index in [9.17, 15) is 0 Å². The number of nitrogens with zero attached hydrogens (tertiary/aromatic N) is 2. The van der Waals surface area contributed by atoms with Gasteiger partial charge in [0, 0.05) is 44.8 Å². The molecule has 0 saturated carbocycles. The molecule has 21 heavy (non-hydrogen) atoms. The maximum atomic E-state index is 5.52. The highest BCUT2D eigenvalue weighted by atomic mass is 16.3. The van der Waals surface area contributed by atoms with E-state index in [1.165, 1.54) is 16.8 Å². The minimum absolute atomic E-state index is 1.01. The van der Waals surface area contributed by atoms with E-state index in [0.717, 1.165) is 44.9 Å². The van der Waals surface area contributed by atoms with Crippen LogP contribution in [-0.4, -0.2) is 37.6 Å². The van der Waals surface area contributed by atoms with Crippen LogP contribution in [0.4, 0.5) is 5.69 Å². The van der Waals surface area contributed by atoms with Crippen LogP contribution in [0.3, 0.4) is 0 Å².